The van der Waals surface area contributed by atoms with Crippen molar-refractivity contribution in [2.24, 2.45) is 0 Å². The number of halogens is 1. The summed E-state index contributed by atoms with van der Waals surface area (Å²) in [6, 6.07) is 12.5. The Balaban J connectivity index is 1.75. The van der Waals surface area contributed by atoms with E-state index in [4.69, 9.17) is 9.47 Å². The number of hydrogen-bond acceptors (Lipinski definition) is 6. The van der Waals surface area contributed by atoms with Crippen molar-refractivity contribution in [3.63, 3.8) is 0 Å². The average Bonchev–Trinajstić information content (AvgIpc) is 3.05. The summed E-state index contributed by atoms with van der Waals surface area (Å²) in [4.78, 5) is 38.8. The zero-order chi connectivity index (χ0) is 23.3. The largest absolute Gasteiger partial charge is 0.493 e. The molecule has 0 aromatic heterocycles. The Morgan fingerprint density at radius 1 is 1.25 bits per heavy atom. The van der Waals surface area contributed by atoms with Crippen LogP contribution in [0.15, 0.2) is 47.4 Å². The molecule has 2 aromatic carbocycles. The second-order valence-electron chi connectivity index (χ2n) is 7.05. The summed E-state index contributed by atoms with van der Waals surface area (Å²) in [6.07, 6.45) is 2.37. The lowest BCUT2D eigenvalue weighted by Gasteiger charge is -2.19. The van der Waals surface area contributed by atoms with E-state index in [-0.39, 0.29) is 29.7 Å². The monoisotopic (exact) mass is 566 g/mol. The molecule has 1 N–H and O–H groups in total. The molecule has 3 rings (SSSR count). The van der Waals surface area contributed by atoms with E-state index in [1.165, 1.54) is 12.0 Å². The Morgan fingerprint density at radius 2 is 1.97 bits per heavy atom. The fourth-order valence-electron chi connectivity index (χ4n) is 3.01. The lowest BCUT2D eigenvalue weighted by molar-refractivity contribution is -0.124. The molecule has 1 aliphatic rings. The molecule has 1 heterocycles. The Morgan fingerprint density at radius 3 is 2.62 bits per heavy atom. The van der Waals surface area contributed by atoms with E-state index in [0.717, 1.165) is 11.8 Å². The number of imide groups is 1. The van der Waals surface area contributed by atoms with Gasteiger partial charge in [-0.3, -0.25) is 19.3 Å². The molecule has 2 aromatic rings. The zero-order valence-electron chi connectivity index (χ0n) is 17.9. The van der Waals surface area contributed by atoms with E-state index in [0.29, 0.717) is 37.6 Å². The lowest BCUT2D eigenvalue weighted by Crippen LogP contribution is -2.36. The van der Waals surface area contributed by atoms with Gasteiger partial charge in [-0.25, -0.2) is 0 Å². The molecule has 3 amide bonds. The molecule has 0 saturated carbocycles. The summed E-state index contributed by atoms with van der Waals surface area (Å²) < 4.78 is 11.9. The first-order valence-corrected chi connectivity index (χ1v) is 11.9. The highest BCUT2D eigenvalue weighted by atomic mass is 127. The summed E-state index contributed by atoms with van der Waals surface area (Å²) in [5, 5.41) is 2.50. The van der Waals surface area contributed by atoms with Crippen LogP contribution in [-0.4, -0.2) is 41.7 Å². The molecule has 7 nitrogen and oxygen atoms in total. The number of rotatable bonds is 8. The van der Waals surface area contributed by atoms with Crippen LogP contribution >= 0.6 is 34.4 Å². The van der Waals surface area contributed by atoms with Crippen molar-refractivity contribution in [2.75, 3.05) is 19.0 Å². The molecule has 1 fully saturated rings. The summed E-state index contributed by atoms with van der Waals surface area (Å²) in [5.41, 5.74) is 1.38. The highest BCUT2D eigenvalue weighted by Crippen LogP contribution is 2.38. The maximum absolute atomic E-state index is 12.7. The number of methoxy groups -OCH3 is 1. The summed E-state index contributed by atoms with van der Waals surface area (Å²) in [5.74, 6) is 0.274. The molecule has 0 spiro atoms. The number of carbonyl (C=O) groups excluding carboxylic acids is 3. The van der Waals surface area contributed by atoms with E-state index in [1.54, 1.807) is 24.3 Å². The summed E-state index contributed by atoms with van der Waals surface area (Å²) >= 11 is 3.02. The number of ether oxygens (including phenoxy) is 2. The average molecular weight is 566 g/mol. The van der Waals surface area contributed by atoms with Crippen molar-refractivity contribution >= 4 is 63.2 Å². The van der Waals surface area contributed by atoms with Crippen LogP contribution in [0.1, 0.15) is 25.8 Å². The maximum Gasteiger partial charge on any atom is 0.293 e. The predicted molar refractivity (Wildman–Crippen MR) is 134 cm³/mol. The number of nitrogens with zero attached hydrogens (tertiary/aromatic N) is 1. The number of para-hydroxylation sites is 1. The minimum Gasteiger partial charge on any atom is -0.493 e. The normalized spacial score (nSPS) is 15.8. The van der Waals surface area contributed by atoms with Crippen LogP contribution in [0, 0.1) is 3.57 Å². The van der Waals surface area contributed by atoms with Gasteiger partial charge in [0.15, 0.2) is 18.1 Å². The molecule has 0 aliphatic carbocycles. The fourth-order valence-corrected chi connectivity index (χ4v) is 4.72. The number of benzene rings is 2. The number of anilines is 1. The zero-order valence-corrected chi connectivity index (χ0v) is 20.9. The molecule has 32 heavy (non-hydrogen) atoms. The second-order valence-corrected chi connectivity index (χ2v) is 9.20. The molecule has 1 saturated heterocycles. The third-order valence-electron chi connectivity index (χ3n) is 4.81. The molecular weight excluding hydrogens is 543 g/mol. The van der Waals surface area contributed by atoms with E-state index in [9.17, 15) is 14.4 Å². The third kappa shape index (κ3) is 5.63. The quantitative estimate of drug-likeness (QED) is 0.352. The number of nitrogens with one attached hydrogen (secondary N) is 1. The van der Waals surface area contributed by atoms with Crippen LogP contribution in [0.2, 0.25) is 0 Å². The standard InChI is InChI=1S/C23H23IN2O5S/c1-4-14(2)26-22(28)19(32-23(26)29)12-15-10-17(24)21(18(11-15)30-3)31-13-20(27)25-16-8-6-5-7-9-16/h5-12,14H,4,13H2,1-3H3,(H,25,27)/b19-12-. The Hall–Kier alpha value is -2.53. The molecule has 168 valence electrons. The molecule has 1 unspecified atom stereocenters. The highest BCUT2D eigenvalue weighted by Gasteiger charge is 2.37. The van der Waals surface area contributed by atoms with Gasteiger partial charge in [0.25, 0.3) is 17.1 Å². The first kappa shape index (κ1) is 24.1. The molecule has 9 heteroatoms. The van der Waals surface area contributed by atoms with Gasteiger partial charge in [-0.15, -0.1) is 0 Å². The summed E-state index contributed by atoms with van der Waals surface area (Å²) in [7, 11) is 1.50. The van der Waals surface area contributed by atoms with E-state index < -0.39 is 0 Å². The number of thioether (sulfide) groups is 1. The van der Waals surface area contributed by atoms with Gasteiger partial charge in [-0.05, 0) is 83.6 Å². The molecule has 1 atom stereocenters. The van der Waals surface area contributed by atoms with E-state index in [1.807, 2.05) is 38.1 Å². The first-order valence-electron chi connectivity index (χ1n) is 9.96. The van der Waals surface area contributed by atoms with Gasteiger partial charge in [0, 0.05) is 11.7 Å². The van der Waals surface area contributed by atoms with Gasteiger partial charge in [-0.1, -0.05) is 25.1 Å². The molecule has 0 radical (unpaired) electrons. The maximum atomic E-state index is 12.7. The smallest absolute Gasteiger partial charge is 0.293 e. The number of amides is 3. The van der Waals surface area contributed by atoms with Crippen LogP contribution in [0.3, 0.4) is 0 Å². The molecule has 0 bridgehead atoms. The minimum absolute atomic E-state index is 0.152. The van der Waals surface area contributed by atoms with Crippen LogP contribution in [0.4, 0.5) is 10.5 Å². The molecule has 1 aliphatic heterocycles. The Labute approximate surface area is 204 Å². The van der Waals surface area contributed by atoms with Crippen LogP contribution in [0.25, 0.3) is 6.08 Å². The van der Waals surface area contributed by atoms with Gasteiger partial charge in [-0.2, -0.15) is 0 Å². The fraction of sp³-hybridized carbons (Fsp3) is 0.261. The Bertz CT molecular complexity index is 1060. The predicted octanol–water partition coefficient (Wildman–Crippen LogP) is 5.15. The van der Waals surface area contributed by atoms with E-state index >= 15 is 0 Å². The number of carbonyl (C=O) groups is 3. The topological polar surface area (TPSA) is 84.9 Å². The van der Waals surface area contributed by atoms with Crippen molar-refractivity contribution < 1.29 is 23.9 Å². The highest BCUT2D eigenvalue weighted by molar-refractivity contribution is 14.1. The number of hydrogen-bond donors (Lipinski definition) is 1. The van der Waals surface area contributed by atoms with Crippen molar-refractivity contribution in [3.05, 3.63) is 56.5 Å². The molecular formula is C23H23IN2O5S. The lowest BCUT2D eigenvalue weighted by atomic mass is 10.1. The van der Waals surface area contributed by atoms with Gasteiger partial charge in [0.1, 0.15) is 0 Å². The van der Waals surface area contributed by atoms with Crippen LogP contribution in [0.5, 0.6) is 11.5 Å². The first-order chi connectivity index (χ1) is 15.3. The van der Waals surface area contributed by atoms with Gasteiger partial charge >= 0.3 is 0 Å². The Kier molecular flexibility index (Phi) is 8.19. The van der Waals surface area contributed by atoms with Crippen molar-refractivity contribution in [1.29, 1.82) is 0 Å². The third-order valence-corrected chi connectivity index (χ3v) is 6.49. The van der Waals surface area contributed by atoms with Crippen molar-refractivity contribution in [1.82, 2.24) is 4.90 Å². The van der Waals surface area contributed by atoms with Gasteiger partial charge in [0.05, 0.1) is 15.6 Å². The van der Waals surface area contributed by atoms with Gasteiger partial charge < -0.3 is 14.8 Å². The SMILES string of the molecule is CCC(C)N1C(=O)S/C(=C\c2cc(I)c(OCC(=O)Nc3ccccc3)c(OC)c2)C1=O. The minimum atomic E-state index is -0.295. The van der Waals surface area contributed by atoms with Crippen LogP contribution in [-0.2, 0) is 9.59 Å². The second kappa shape index (κ2) is 10.9. The van der Waals surface area contributed by atoms with Crippen molar-refractivity contribution in [2.45, 2.75) is 26.3 Å². The summed E-state index contributed by atoms with van der Waals surface area (Å²) in [6.45, 7) is 3.60. The van der Waals surface area contributed by atoms with Gasteiger partial charge in [0.2, 0.25) is 0 Å². The van der Waals surface area contributed by atoms with E-state index in [2.05, 4.69) is 27.9 Å². The van der Waals surface area contributed by atoms with Crippen molar-refractivity contribution in [3.8, 4) is 11.5 Å². The van der Waals surface area contributed by atoms with Crippen LogP contribution < -0.4 is 14.8 Å².